The predicted molar refractivity (Wildman–Crippen MR) is 86.3 cm³/mol. The fourth-order valence-corrected chi connectivity index (χ4v) is 2.05. The Morgan fingerprint density at radius 2 is 1.71 bits per heavy atom. The highest BCUT2D eigenvalue weighted by molar-refractivity contribution is 9.10. The number of hydrogen-bond donors (Lipinski definition) is 3. The lowest BCUT2D eigenvalue weighted by Crippen LogP contribution is -2.19. The van der Waals surface area contributed by atoms with E-state index in [9.17, 15) is 9.59 Å². The molecule has 0 saturated carbocycles. The molecule has 2 amide bonds. The number of nitrogens with one attached hydrogen (secondary N) is 2. The van der Waals surface area contributed by atoms with Gasteiger partial charge in [-0.1, -0.05) is 15.9 Å². The van der Waals surface area contributed by atoms with Gasteiger partial charge >= 0.3 is 0 Å². The summed E-state index contributed by atoms with van der Waals surface area (Å²) in [6.45, 7) is 0. The summed E-state index contributed by atoms with van der Waals surface area (Å²) in [7, 11) is 1.53. The van der Waals surface area contributed by atoms with Crippen LogP contribution in [0.2, 0.25) is 0 Å². The second-order valence-corrected chi connectivity index (χ2v) is 5.26. The zero-order valence-electron chi connectivity index (χ0n) is 11.3. The maximum Gasteiger partial charge on any atom is 0.257 e. The molecule has 0 aromatic heterocycles. The van der Waals surface area contributed by atoms with Gasteiger partial charge in [0, 0.05) is 28.5 Å². The Kier molecular flexibility index (Phi) is 4.59. The third-order valence-electron chi connectivity index (χ3n) is 2.89. The van der Waals surface area contributed by atoms with Crippen molar-refractivity contribution in [1.29, 1.82) is 0 Å². The van der Waals surface area contributed by atoms with Crippen molar-refractivity contribution < 1.29 is 9.59 Å². The van der Waals surface area contributed by atoms with Crippen LogP contribution in [0.4, 0.5) is 11.4 Å². The molecule has 6 heteroatoms. The first kappa shape index (κ1) is 15.1. The molecule has 108 valence electrons. The molecule has 0 spiro atoms. The Morgan fingerprint density at radius 3 is 2.29 bits per heavy atom. The van der Waals surface area contributed by atoms with E-state index in [1.165, 1.54) is 19.2 Å². The summed E-state index contributed by atoms with van der Waals surface area (Å²) >= 11 is 3.33. The van der Waals surface area contributed by atoms with Crippen LogP contribution >= 0.6 is 15.9 Å². The molecule has 0 fully saturated rings. The lowest BCUT2D eigenvalue weighted by Gasteiger charge is -2.09. The summed E-state index contributed by atoms with van der Waals surface area (Å²) in [5.41, 5.74) is 7.50. The summed E-state index contributed by atoms with van der Waals surface area (Å²) in [6.07, 6.45) is 0. The quantitative estimate of drug-likeness (QED) is 0.746. The van der Waals surface area contributed by atoms with Crippen LogP contribution in [0.1, 0.15) is 20.7 Å². The zero-order chi connectivity index (χ0) is 15.4. The number of anilines is 2. The lowest BCUT2D eigenvalue weighted by atomic mass is 10.1. The van der Waals surface area contributed by atoms with Gasteiger partial charge in [0.05, 0.1) is 5.56 Å². The van der Waals surface area contributed by atoms with Gasteiger partial charge in [-0.15, -0.1) is 0 Å². The molecule has 2 rings (SSSR count). The molecule has 0 bridgehead atoms. The predicted octanol–water partition coefficient (Wildman–Crippen LogP) is 2.64. The van der Waals surface area contributed by atoms with Crippen molar-refractivity contribution in [3.63, 3.8) is 0 Å². The average molecular weight is 348 g/mol. The molecule has 0 unspecified atom stereocenters. The molecule has 0 aliphatic carbocycles. The van der Waals surface area contributed by atoms with Crippen molar-refractivity contribution in [3.05, 3.63) is 58.1 Å². The van der Waals surface area contributed by atoms with Crippen LogP contribution in [0.25, 0.3) is 0 Å². The molecule has 2 aromatic carbocycles. The zero-order valence-corrected chi connectivity index (χ0v) is 12.9. The number of hydrogen-bond acceptors (Lipinski definition) is 3. The summed E-state index contributed by atoms with van der Waals surface area (Å²) in [5, 5.41) is 5.25. The van der Waals surface area contributed by atoms with Crippen molar-refractivity contribution in [2.75, 3.05) is 18.1 Å². The number of nitrogen functional groups attached to an aromatic ring is 1. The highest BCUT2D eigenvalue weighted by atomic mass is 79.9. The molecule has 5 nitrogen and oxygen atoms in total. The van der Waals surface area contributed by atoms with Gasteiger partial charge in [-0.3, -0.25) is 9.59 Å². The maximum atomic E-state index is 12.2. The Balaban J connectivity index is 2.19. The molecule has 2 aromatic rings. The number of carbonyl (C=O) groups excluding carboxylic acids is 2. The van der Waals surface area contributed by atoms with Crippen LogP contribution in [0.15, 0.2) is 46.9 Å². The van der Waals surface area contributed by atoms with E-state index in [2.05, 4.69) is 26.6 Å². The molecule has 21 heavy (non-hydrogen) atoms. The van der Waals surface area contributed by atoms with E-state index < -0.39 is 0 Å². The van der Waals surface area contributed by atoms with E-state index >= 15 is 0 Å². The second-order valence-electron chi connectivity index (χ2n) is 4.34. The minimum Gasteiger partial charge on any atom is -0.398 e. The molecule has 4 N–H and O–H groups in total. The highest BCUT2D eigenvalue weighted by Crippen LogP contribution is 2.18. The summed E-state index contributed by atoms with van der Waals surface area (Å²) in [5.74, 6) is -0.570. The molecule has 0 aliphatic heterocycles. The van der Waals surface area contributed by atoms with Crippen molar-refractivity contribution in [2.24, 2.45) is 0 Å². The largest absolute Gasteiger partial charge is 0.398 e. The molecular formula is C15H14BrN3O2. The average Bonchev–Trinajstić information content (AvgIpc) is 2.48. The standard InChI is InChI=1S/C15H14BrN3O2/c1-18-14(20)9-2-7-12(13(17)8-9)15(21)19-11-5-3-10(16)4-6-11/h2-8H,17H2,1H3,(H,18,20)(H,19,21). The normalized spacial score (nSPS) is 10.0. The topological polar surface area (TPSA) is 84.2 Å². The SMILES string of the molecule is CNC(=O)c1ccc(C(=O)Nc2ccc(Br)cc2)c(N)c1. The number of carbonyl (C=O) groups is 2. The van der Waals surface area contributed by atoms with Crippen molar-refractivity contribution >= 4 is 39.1 Å². The van der Waals surface area contributed by atoms with E-state index in [1.807, 2.05) is 12.1 Å². The fourth-order valence-electron chi connectivity index (χ4n) is 1.79. The fraction of sp³-hybridized carbons (Fsp3) is 0.0667. The van der Waals surface area contributed by atoms with Crippen LogP contribution in [0.3, 0.4) is 0 Å². The van der Waals surface area contributed by atoms with Gasteiger partial charge in [0.25, 0.3) is 11.8 Å². The Morgan fingerprint density at radius 1 is 1.05 bits per heavy atom. The van der Waals surface area contributed by atoms with E-state index in [4.69, 9.17) is 5.73 Å². The Labute approximate surface area is 130 Å². The van der Waals surface area contributed by atoms with Gasteiger partial charge in [0.1, 0.15) is 0 Å². The molecule has 0 saturated heterocycles. The third kappa shape index (κ3) is 3.61. The smallest absolute Gasteiger partial charge is 0.257 e. The molecular weight excluding hydrogens is 334 g/mol. The van der Waals surface area contributed by atoms with Crippen LogP contribution in [0, 0.1) is 0 Å². The van der Waals surface area contributed by atoms with Crippen LogP contribution in [0.5, 0.6) is 0 Å². The Hall–Kier alpha value is -2.34. The second kappa shape index (κ2) is 6.41. The number of rotatable bonds is 3. The number of amides is 2. The van der Waals surface area contributed by atoms with Crippen LogP contribution in [-0.4, -0.2) is 18.9 Å². The van der Waals surface area contributed by atoms with E-state index in [0.29, 0.717) is 16.8 Å². The highest BCUT2D eigenvalue weighted by Gasteiger charge is 2.12. The monoisotopic (exact) mass is 347 g/mol. The minimum absolute atomic E-state index is 0.249. The van der Waals surface area contributed by atoms with Crippen molar-refractivity contribution in [2.45, 2.75) is 0 Å². The van der Waals surface area contributed by atoms with E-state index in [-0.39, 0.29) is 17.5 Å². The lowest BCUT2D eigenvalue weighted by molar-refractivity contribution is 0.0961. The number of halogens is 1. The van der Waals surface area contributed by atoms with Gasteiger partial charge in [-0.25, -0.2) is 0 Å². The first-order valence-corrected chi connectivity index (χ1v) is 6.99. The van der Waals surface area contributed by atoms with Gasteiger partial charge < -0.3 is 16.4 Å². The van der Waals surface area contributed by atoms with Crippen LogP contribution in [-0.2, 0) is 0 Å². The van der Waals surface area contributed by atoms with Gasteiger partial charge in [-0.05, 0) is 42.5 Å². The minimum atomic E-state index is -0.321. The molecule has 0 atom stereocenters. The molecule has 0 heterocycles. The van der Waals surface area contributed by atoms with E-state index in [1.54, 1.807) is 18.2 Å². The first-order valence-electron chi connectivity index (χ1n) is 6.20. The van der Waals surface area contributed by atoms with Crippen molar-refractivity contribution in [3.8, 4) is 0 Å². The number of nitrogens with two attached hydrogens (primary N) is 1. The third-order valence-corrected chi connectivity index (χ3v) is 3.42. The van der Waals surface area contributed by atoms with Gasteiger partial charge in [0.15, 0.2) is 0 Å². The summed E-state index contributed by atoms with van der Waals surface area (Å²) < 4.78 is 0.926. The Bertz CT molecular complexity index is 684. The van der Waals surface area contributed by atoms with Crippen LogP contribution < -0.4 is 16.4 Å². The molecule has 0 aliphatic rings. The first-order chi connectivity index (χ1) is 10.0. The van der Waals surface area contributed by atoms with Gasteiger partial charge in [0.2, 0.25) is 0 Å². The number of benzene rings is 2. The maximum absolute atomic E-state index is 12.2. The summed E-state index contributed by atoms with van der Waals surface area (Å²) in [4.78, 5) is 23.7. The van der Waals surface area contributed by atoms with Crippen molar-refractivity contribution in [1.82, 2.24) is 5.32 Å². The van der Waals surface area contributed by atoms with E-state index in [0.717, 1.165) is 4.47 Å². The van der Waals surface area contributed by atoms with Gasteiger partial charge in [-0.2, -0.15) is 0 Å². The molecule has 0 radical (unpaired) electrons. The summed E-state index contributed by atoms with van der Waals surface area (Å²) in [6, 6.07) is 11.8.